The number of esters is 1. The number of hydrogen-bond acceptors (Lipinski definition) is 7. The molecule has 326 valence electrons. The molecule has 0 radical (unpaired) electrons. The van der Waals surface area contributed by atoms with Crippen LogP contribution in [0.25, 0.3) is 0 Å². The molecule has 0 saturated carbocycles. The highest BCUT2D eigenvalue weighted by Gasteiger charge is 2.20. The van der Waals surface area contributed by atoms with Gasteiger partial charge in [0.05, 0.1) is 34.4 Å². The van der Waals surface area contributed by atoms with Crippen LogP contribution in [0, 0.1) is 0 Å². The molecule has 0 rings (SSSR count). The number of carbonyl (C=O) groups excluding carboxylic acids is 1. The van der Waals surface area contributed by atoms with E-state index in [2.05, 4.69) is 38.2 Å². The van der Waals surface area contributed by atoms with Gasteiger partial charge in [0.2, 0.25) is 0 Å². The largest absolute Gasteiger partial charge is 0.756 e. The molecule has 0 aliphatic carbocycles. The number of phosphoric ester groups is 1. The van der Waals surface area contributed by atoms with Crippen molar-refractivity contribution in [2.75, 3.05) is 54.1 Å². The molecule has 0 fully saturated rings. The van der Waals surface area contributed by atoms with E-state index in [-0.39, 0.29) is 25.8 Å². The van der Waals surface area contributed by atoms with Gasteiger partial charge in [0.1, 0.15) is 19.3 Å². The molecule has 0 aromatic heterocycles. The SMILES string of the molecule is CCCCCCC/C=C\C/C=C\CCCCCCCCCCCCCCCCOCC(COP(=O)([O-])OCC[N+](C)(C)C)OC(=O)CCCCCCCCC. The van der Waals surface area contributed by atoms with Crippen molar-refractivity contribution in [3.8, 4) is 0 Å². The number of carbonyl (C=O) groups is 1. The molecular weight excluding hydrogens is 709 g/mol. The molecule has 8 nitrogen and oxygen atoms in total. The first-order chi connectivity index (χ1) is 26.6. The molecule has 0 aromatic rings. The highest BCUT2D eigenvalue weighted by molar-refractivity contribution is 7.45. The Kier molecular flexibility index (Phi) is 39.1. The fourth-order valence-corrected chi connectivity index (χ4v) is 7.13. The maximum atomic E-state index is 12.5. The zero-order valence-corrected chi connectivity index (χ0v) is 37.8. The molecule has 0 saturated heterocycles. The predicted molar refractivity (Wildman–Crippen MR) is 231 cm³/mol. The predicted octanol–water partition coefficient (Wildman–Crippen LogP) is 13.0. The first kappa shape index (κ1) is 54.0. The smallest absolute Gasteiger partial charge is 0.306 e. The Bertz CT molecular complexity index is 936. The van der Waals surface area contributed by atoms with Crippen LogP contribution in [0.1, 0.15) is 206 Å². The van der Waals surface area contributed by atoms with Crippen molar-refractivity contribution < 1.29 is 37.3 Å². The van der Waals surface area contributed by atoms with Crippen LogP contribution in [0.2, 0.25) is 0 Å². The summed E-state index contributed by atoms with van der Waals surface area (Å²) in [4.78, 5) is 24.9. The van der Waals surface area contributed by atoms with Crippen molar-refractivity contribution in [1.29, 1.82) is 0 Å². The van der Waals surface area contributed by atoms with E-state index in [4.69, 9.17) is 18.5 Å². The highest BCUT2D eigenvalue weighted by atomic mass is 31.2. The van der Waals surface area contributed by atoms with Crippen LogP contribution < -0.4 is 4.89 Å². The zero-order chi connectivity index (χ0) is 40.6. The molecule has 0 aromatic carbocycles. The van der Waals surface area contributed by atoms with Gasteiger partial charge in [0.15, 0.2) is 0 Å². The Balaban J connectivity index is 3.93. The lowest BCUT2D eigenvalue weighted by molar-refractivity contribution is -0.870. The summed E-state index contributed by atoms with van der Waals surface area (Å²) in [5.41, 5.74) is 0. The molecule has 0 aliphatic rings. The lowest BCUT2D eigenvalue weighted by Crippen LogP contribution is -2.37. The van der Waals surface area contributed by atoms with E-state index in [0.717, 1.165) is 38.5 Å². The van der Waals surface area contributed by atoms with Crippen molar-refractivity contribution >= 4 is 13.8 Å². The van der Waals surface area contributed by atoms with Crippen LogP contribution in [0.15, 0.2) is 24.3 Å². The second kappa shape index (κ2) is 39.8. The van der Waals surface area contributed by atoms with Gasteiger partial charge in [-0.05, 0) is 44.9 Å². The first-order valence-corrected chi connectivity index (χ1v) is 24.5. The summed E-state index contributed by atoms with van der Waals surface area (Å²) < 4.78 is 34.5. The van der Waals surface area contributed by atoms with Crippen LogP contribution in [-0.4, -0.2) is 70.7 Å². The molecule has 0 heterocycles. The van der Waals surface area contributed by atoms with Crippen LogP contribution in [-0.2, 0) is 27.9 Å². The normalized spacial score (nSPS) is 13.9. The van der Waals surface area contributed by atoms with E-state index in [1.165, 1.54) is 148 Å². The van der Waals surface area contributed by atoms with Gasteiger partial charge < -0.3 is 27.9 Å². The Hall–Kier alpha value is -1.02. The molecule has 55 heavy (non-hydrogen) atoms. The maximum absolute atomic E-state index is 12.5. The monoisotopic (exact) mass is 800 g/mol. The average Bonchev–Trinajstić information content (AvgIpc) is 3.13. The second-order valence-corrected chi connectivity index (χ2v) is 18.2. The molecule has 0 aliphatic heterocycles. The Morgan fingerprint density at radius 2 is 1.00 bits per heavy atom. The highest BCUT2D eigenvalue weighted by Crippen LogP contribution is 2.38. The molecular formula is C46H90NO7P. The quantitative estimate of drug-likeness (QED) is 0.0199. The number of hydrogen-bond donors (Lipinski definition) is 0. The Morgan fingerprint density at radius 3 is 1.47 bits per heavy atom. The van der Waals surface area contributed by atoms with Gasteiger partial charge in [-0.15, -0.1) is 0 Å². The third kappa shape index (κ3) is 43.9. The zero-order valence-electron chi connectivity index (χ0n) is 36.9. The Morgan fingerprint density at radius 1 is 0.564 bits per heavy atom. The average molecular weight is 800 g/mol. The number of nitrogens with zero attached hydrogens (tertiary/aromatic N) is 1. The molecule has 2 unspecified atom stereocenters. The van der Waals surface area contributed by atoms with Gasteiger partial charge in [0.25, 0.3) is 7.82 Å². The summed E-state index contributed by atoms with van der Waals surface area (Å²) >= 11 is 0. The van der Waals surface area contributed by atoms with Gasteiger partial charge >= 0.3 is 5.97 Å². The van der Waals surface area contributed by atoms with Crippen LogP contribution in [0.5, 0.6) is 0 Å². The fraction of sp³-hybridized carbons (Fsp3) is 0.891. The second-order valence-electron chi connectivity index (χ2n) is 16.8. The lowest BCUT2D eigenvalue weighted by atomic mass is 10.0. The summed E-state index contributed by atoms with van der Waals surface area (Å²) in [5.74, 6) is -0.339. The van der Waals surface area contributed by atoms with Gasteiger partial charge in [-0.1, -0.05) is 179 Å². The third-order valence-corrected chi connectivity index (χ3v) is 11.0. The van der Waals surface area contributed by atoms with Crippen molar-refractivity contribution in [2.24, 2.45) is 0 Å². The van der Waals surface area contributed by atoms with Gasteiger partial charge in [-0.2, -0.15) is 0 Å². The van der Waals surface area contributed by atoms with E-state index in [1.807, 2.05) is 21.1 Å². The Labute approximate surface area is 341 Å². The summed E-state index contributed by atoms with van der Waals surface area (Å²) in [6.45, 7) is 5.38. The summed E-state index contributed by atoms with van der Waals surface area (Å²) in [6, 6.07) is 0. The van der Waals surface area contributed by atoms with E-state index < -0.39 is 13.9 Å². The maximum Gasteiger partial charge on any atom is 0.306 e. The van der Waals surface area contributed by atoms with Crippen molar-refractivity contribution in [1.82, 2.24) is 0 Å². The van der Waals surface area contributed by atoms with Gasteiger partial charge in [-0.25, -0.2) is 0 Å². The van der Waals surface area contributed by atoms with E-state index in [9.17, 15) is 14.3 Å². The van der Waals surface area contributed by atoms with Gasteiger partial charge in [-0.3, -0.25) is 9.36 Å². The molecule has 2 atom stereocenters. The number of rotatable bonds is 43. The van der Waals surface area contributed by atoms with Crippen molar-refractivity contribution in [2.45, 2.75) is 213 Å². The number of likely N-dealkylation sites (N-methyl/N-ethyl adjacent to an activating group) is 1. The minimum atomic E-state index is -4.51. The number of allylic oxidation sites excluding steroid dienone is 4. The minimum Gasteiger partial charge on any atom is -0.756 e. The standard InChI is InChI=1S/C46H90NO7P/c1-6-8-10-12-14-15-16-17-18-19-20-21-22-23-24-25-26-27-28-29-30-31-32-34-36-38-41-51-43-45(44-53-55(49,50)52-42-40-47(3,4)5)54-46(48)39-37-35-33-13-11-9-7-2/h16-17,19-20,45H,6-15,18,21-44H2,1-5H3/b17-16-,20-19-. The summed E-state index contributed by atoms with van der Waals surface area (Å²) in [5, 5.41) is 0. The minimum absolute atomic E-state index is 0.0281. The van der Waals surface area contributed by atoms with Crippen LogP contribution in [0.3, 0.4) is 0 Å². The van der Waals surface area contributed by atoms with E-state index >= 15 is 0 Å². The molecule has 0 bridgehead atoms. The first-order valence-electron chi connectivity index (χ1n) is 23.1. The molecule has 0 amide bonds. The summed E-state index contributed by atoms with van der Waals surface area (Å²) in [6.07, 6.45) is 45.1. The topological polar surface area (TPSA) is 94.1 Å². The number of phosphoric acid groups is 1. The number of unbranched alkanes of at least 4 members (excludes halogenated alkanes) is 25. The van der Waals surface area contributed by atoms with E-state index in [0.29, 0.717) is 24.1 Å². The molecule has 9 heteroatoms. The van der Waals surface area contributed by atoms with Crippen molar-refractivity contribution in [3.05, 3.63) is 24.3 Å². The third-order valence-electron chi connectivity index (χ3n) is 10.0. The van der Waals surface area contributed by atoms with Crippen LogP contribution in [0.4, 0.5) is 0 Å². The van der Waals surface area contributed by atoms with Crippen molar-refractivity contribution in [3.63, 3.8) is 0 Å². The molecule has 0 spiro atoms. The fourth-order valence-electron chi connectivity index (χ4n) is 6.40. The number of ether oxygens (including phenoxy) is 2. The lowest BCUT2D eigenvalue weighted by Gasteiger charge is -2.28. The van der Waals surface area contributed by atoms with E-state index in [1.54, 1.807) is 0 Å². The molecule has 0 N–H and O–H groups in total. The van der Waals surface area contributed by atoms with Gasteiger partial charge in [0, 0.05) is 13.0 Å². The van der Waals surface area contributed by atoms with Crippen LogP contribution >= 0.6 is 7.82 Å². The summed E-state index contributed by atoms with van der Waals surface area (Å²) in [7, 11) is 1.36. The number of quaternary nitrogens is 1.